The van der Waals surface area contributed by atoms with E-state index >= 15 is 0 Å². The first-order valence-corrected chi connectivity index (χ1v) is 6.05. The summed E-state index contributed by atoms with van der Waals surface area (Å²) in [6.45, 7) is 2.11. The number of thiazole rings is 1. The van der Waals surface area contributed by atoms with Gasteiger partial charge in [-0.05, 0) is 13.0 Å². The lowest BCUT2D eigenvalue weighted by Crippen LogP contribution is -1.82. The minimum atomic E-state index is 1.06. The number of fused-ring (bicyclic) bond motifs is 5. The second-order valence-corrected chi connectivity index (χ2v) is 4.81. The van der Waals surface area contributed by atoms with Crippen LogP contribution < -0.4 is 0 Å². The number of nitrogens with zero attached hydrogens (tertiary/aromatic N) is 2. The summed E-state index contributed by atoms with van der Waals surface area (Å²) in [6.07, 6.45) is 0. The molecule has 0 amide bonds. The fourth-order valence-corrected chi connectivity index (χ4v) is 3.09. The number of hydrogen-bond donors (Lipinski definition) is 1. The lowest BCUT2D eigenvalue weighted by Gasteiger charge is -1.89. The third-order valence-electron chi connectivity index (χ3n) is 2.97. The largest absolute Gasteiger partial charge is 0.339 e. The molecule has 0 unspecified atom stereocenters. The number of aromatic amines is 1. The molecule has 0 aliphatic rings. The van der Waals surface area contributed by atoms with E-state index in [1.807, 2.05) is 6.07 Å². The monoisotopic (exact) mass is 227 g/mol. The first-order chi connectivity index (χ1) is 7.84. The summed E-state index contributed by atoms with van der Waals surface area (Å²) in [5.41, 5.74) is 4.56. The summed E-state index contributed by atoms with van der Waals surface area (Å²) in [5.74, 6) is 0. The average Bonchev–Trinajstić information content (AvgIpc) is 2.90. The summed E-state index contributed by atoms with van der Waals surface area (Å²) in [5, 5.41) is 3.33. The summed E-state index contributed by atoms with van der Waals surface area (Å²) >= 11 is 1.68. The van der Waals surface area contributed by atoms with Gasteiger partial charge in [0.1, 0.15) is 11.2 Å². The summed E-state index contributed by atoms with van der Waals surface area (Å²) < 4.78 is 2.18. The molecule has 0 fully saturated rings. The first-order valence-electron chi connectivity index (χ1n) is 5.17. The highest BCUT2D eigenvalue weighted by molar-refractivity contribution is 7.15. The predicted octanol–water partition coefficient (Wildman–Crippen LogP) is 3.34. The van der Waals surface area contributed by atoms with Crippen molar-refractivity contribution < 1.29 is 0 Å². The van der Waals surface area contributed by atoms with Crippen LogP contribution in [0.5, 0.6) is 0 Å². The van der Waals surface area contributed by atoms with Gasteiger partial charge in [-0.25, -0.2) is 4.98 Å². The molecule has 1 N–H and O–H groups in total. The van der Waals surface area contributed by atoms with Crippen molar-refractivity contribution >= 4 is 38.4 Å². The molecule has 16 heavy (non-hydrogen) atoms. The molecule has 0 aliphatic carbocycles. The van der Waals surface area contributed by atoms with Crippen LogP contribution in [0.2, 0.25) is 0 Å². The van der Waals surface area contributed by atoms with Gasteiger partial charge in [-0.1, -0.05) is 18.2 Å². The Morgan fingerprint density at radius 2 is 2.19 bits per heavy atom. The zero-order chi connectivity index (χ0) is 10.7. The van der Waals surface area contributed by atoms with Crippen molar-refractivity contribution in [2.24, 2.45) is 0 Å². The van der Waals surface area contributed by atoms with Gasteiger partial charge in [0.25, 0.3) is 0 Å². The van der Waals surface area contributed by atoms with Crippen molar-refractivity contribution in [1.29, 1.82) is 0 Å². The third-order valence-corrected chi connectivity index (χ3v) is 3.91. The molecule has 0 bridgehead atoms. The minimum absolute atomic E-state index is 1.06. The van der Waals surface area contributed by atoms with Gasteiger partial charge >= 0.3 is 0 Å². The van der Waals surface area contributed by atoms with E-state index < -0.39 is 0 Å². The quantitative estimate of drug-likeness (QED) is 0.491. The maximum atomic E-state index is 4.67. The van der Waals surface area contributed by atoms with Gasteiger partial charge in [-0.15, -0.1) is 11.3 Å². The van der Waals surface area contributed by atoms with E-state index in [4.69, 9.17) is 0 Å². The number of H-pyrrole nitrogens is 1. The Morgan fingerprint density at radius 3 is 3.12 bits per heavy atom. The number of hydrogen-bond acceptors (Lipinski definition) is 2. The van der Waals surface area contributed by atoms with E-state index in [2.05, 4.69) is 44.9 Å². The van der Waals surface area contributed by atoms with Crippen molar-refractivity contribution in [3.8, 4) is 0 Å². The molecule has 3 heterocycles. The second-order valence-electron chi connectivity index (χ2n) is 3.97. The third kappa shape index (κ3) is 0.858. The van der Waals surface area contributed by atoms with E-state index in [1.165, 1.54) is 11.1 Å². The van der Waals surface area contributed by atoms with Gasteiger partial charge in [0.15, 0.2) is 4.96 Å². The Kier molecular flexibility index (Phi) is 1.38. The molecule has 0 aliphatic heterocycles. The molecule has 3 nitrogen and oxygen atoms in total. The highest BCUT2D eigenvalue weighted by atomic mass is 32.1. The lowest BCUT2D eigenvalue weighted by molar-refractivity contribution is 1.15. The SMILES string of the molecule is Cc1csc2nc3c4ccccc4[nH]c3n12. The number of benzene rings is 1. The highest BCUT2D eigenvalue weighted by Crippen LogP contribution is 2.28. The molecule has 0 saturated heterocycles. The number of para-hydroxylation sites is 1. The standard InChI is InChI=1S/C12H9N3S/c1-7-6-16-12-14-10-8-4-2-3-5-9(8)13-11(10)15(7)12/h2-6,13H,1H3. The molecule has 0 atom stereocenters. The number of aryl methyl sites for hydroxylation is 1. The fraction of sp³-hybridized carbons (Fsp3) is 0.0833. The lowest BCUT2D eigenvalue weighted by atomic mass is 10.2. The van der Waals surface area contributed by atoms with Gasteiger partial charge in [-0.3, -0.25) is 4.40 Å². The summed E-state index contributed by atoms with van der Waals surface area (Å²) in [6, 6.07) is 8.29. The van der Waals surface area contributed by atoms with Gasteiger partial charge < -0.3 is 4.98 Å². The van der Waals surface area contributed by atoms with Crippen molar-refractivity contribution in [2.75, 3.05) is 0 Å². The second kappa shape index (κ2) is 2.65. The van der Waals surface area contributed by atoms with Crippen LogP contribution in [-0.2, 0) is 0 Å². The van der Waals surface area contributed by atoms with E-state index in [0.717, 1.165) is 21.6 Å². The molecule has 4 aromatic rings. The van der Waals surface area contributed by atoms with Crippen LogP contribution >= 0.6 is 11.3 Å². The zero-order valence-corrected chi connectivity index (χ0v) is 9.51. The molecule has 4 rings (SSSR count). The first kappa shape index (κ1) is 8.35. The molecule has 78 valence electrons. The van der Waals surface area contributed by atoms with E-state index in [0.29, 0.717) is 0 Å². The highest BCUT2D eigenvalue weighted by Gasteiger charge is 2.12. The maximum absolute atomic E-state index is 4.67. The van der Waals surface area contributed by atoms with E-state index in [9.17, 15) is 0 Å². The summed E-state index contributed by atoms with van der Waals surface area (Å²) in [4.78, 5) is 9.17. The van der Waals surface area contributed by atoms with Crippen LogP contribution in [0.4, 0.5) is 0 Å². The molecular formula is C12H9N3S. The normalized spacial score (nSPS) is 12.1. The Morgan fingerprint density at radius 1 is 1.31 bits per heavy atom. The van der Waals surface area contributed by atoms with Crippen LogP contribution in [0.25, 0.3) is 27.0 Å². The van der Waals surface area contributed by atoms with Crippen molar-refractivity contribution in [1.82, 2.24) is 14.4 Å². The Hall–Kier alpha value is -1.81. The van der Waals surface area contributed by atoms with Gasteiger partial charge in [0, 0.05) is 22.0 Å². The van der Waals surface area contributed by atoms with Crippen LogP contribution in [-0.4, -0.2) is 14.4 Å². The van der Waals surface area contributed by atoms with Gasteiger partial charge in [0.2, 0.25) is 0 Å². The Balaban J connectivity index is 2.37. The Labute approximate surface area is 95.3 Å². The molecule has 3 aromatic heterocycles. The molecule has 0 radical (unpaired) electrons. The minimum Gasteiger partial charge on any atom is -0.339 e. The summed E-state index contributed by atoms with van der Waals surface area (Å²) in [7, 11) is 0. The molecule has 4 heteroatoms. The van der Waals surface area contributed by atoms with Crippen molar-refractivity contribution in [3.05, 3.63) is 35.3 Å². The number of rotatable bonds is 0. The van der Waals surface area contributed by atoms with E-state index in [-0.39, 0.29) is 0 Å². The van der Waals surface area contributed by atoms with Crippen molar-refractivity contribution in [3.63, 3.8) is 0 Å². The fourth-order valence-electron chi connectivity index (χ4n) is 2.23. The number of imidazole rings is 1. The maximum Gasteiger partial charge on any atom is 0.196 e. The predicted molar refractivity (Wildman–Crippen MR) is 67.2 cm³/mol. The molecule has 1 aromatic carbocycles. The van der Waals surface area contributed by atoms with Gasteiger partial charge in [0.05, 0.1) is 0 Å². The molecular weight excluding hydrogens is 218 g/mol. The molecule has 0 saturated carbocycles. The molecule has 0 spiro atoms. The topological polar surface area (TPSA) is 33.1 Å². The Bertz CT molecular complexity index is 819. The smallest absolute Gasteiger partial charge is 0.196 e. The van der Waals surface area contributed by atoms with Crippen LogP contribution in [0.15, 0.2) is 29.6 Å². The van der Waals surface area contributed by atoms with Gasteiger partial charge in [-0.2, -0.15) is 0 Å². The average molecular weight is 227 g/mol. The number of nitrogens with one attached hydrogen (secondary N) is 1. The van der Waals surface area contributed by atoms with Crippen LogP contribution in [0.1, 0.15) is 5.69 Å². The number of aromatic nitrogens is 3. The van der Waals surface area contributed by atoms with Crippen LogP contribution in [0.3, 0.4) is 0 Å². The van der Waals surface area contributed by atoms with Crippen LogP contribution in [0, 0.1) is 6.92 Å². The van der Waals surface area contributed by atoms with Crippen molar-refractivity contribution in [2.45, 2.75) is 6.92 Å². The zero-order valence-electron chi connectivity index (χ0n) is 8.69. The van der Waals surface area contributed by atoms with E-state index in [1.54, 1.807) is 11.3 Å².